The molecule has 1 saturated heterocycles. The Morgan fingerprint density at radius 3 is 2.70 bits per heavy atom. The predicted octanol–water partition coefficient (Wildman–Crippen LogP) is 5.85. The topological polar surface area (TPSA) is 45.1 Å². The van der Waals surface area contributed by atoms with E-state index in [1.165, 1.54) is 36.6 Å². The number of hydrogen-bond acceptors (Lipinski definition) is 3. The third kappa shape index (κ3) is 4.16. The van der Waals surface area contributed by atoms with E-state index in [1.807, 2.05) is 13.8 Å². The summed E-state index contributed by atoms with van der Waals surface area (Å²) in [6.07, 6.45) is 8.58. The molecule has 2 atom stereocenters. The molecule has 0 radical (unpaired) electrons. The lowest BCUT2D eigenvalue weighted by molar-refractivity contribution is 0.0343. The molecule has 2 aliphatic rings. The molecule has 0 saturated carbocycles. The Kier molecular flexibility index (Phi) is 7.09. The van der Waals surface area contributed by atoms with Crippen molar-refractivity contribution in [3.8, 4) is 0 Å². The summed E-state index contributed by atoms with van der Waals surface area (Å²) >= 11 is 3.75. The van der Waals surface area contributed by atoms with E-state index in [0.29, 0.717) is 5.92 Å². The minimum absolute atomic E-state index is 0.0865. The van der Waals surface area contributed by atoms with Gasteiger partial charge in [-0.2, -0.15) is 0 Å². The molecule has 0 spiro atoms. The Morgan fingerprint density at radius 2 is 2.04 bits per heavy atom. The minimum atomic E-state index is 0.0865. The van der Waals surface area contributed by atoms with Gasteiger partial charge >= 0.3 is 0 Å². The summed E-state index contributed by atoms with van der Waals surface area (Å²) in [5, 5.41) is 11.3. The van der Waals surface area contributed by atoms with Crippen molar-refractivity contribution in [1.29, 1.82) is 5.41 Å². The second-order valence-corrected chi connectivity index (χ2v) is 6.95. The number of fused-ring (bicyclic) bond motifs is 1. The van der Waals surface area contributed by atoms with Crippen molar-refractivity contribution in [2.75, 3.05) is 11.9 Å². The van der Waals surface area contributed by atoms with Gasteiger partial charge in [0, 0.05) is 28.5 Å². The second kappa shape index (κ2) is 8.84. The maximum atomic E-state index is 7.79. The van der Waals surface area contributed by atoms with Crippen LogP contribution >= 0.6 is 15.9 Å². The van der Waals surface area contributed by atoms with E-state index in [0.717, 1.165) is 41.6 Å². The smallest absolute Gasteiger partial charge is 0.127 e. The van der Waals surface area contributed by atoms with Gasteiger partial charge < -0.3 is 15.5 Å². The molecule has 128 valence electrons. The van der Waals surface area contributed by atoms with E-state index >= 15 is 0 Å². The number of halogens is 1. The zero-order chi connectivity index (χ0) is 16.8. The fraction of sp³-hybridized carbons (Fsp3) is 0.632. The van der Waals surface area contributed by atoms with Crippen LogP contribution in [0.3, 0.4) is 0 Å². The predicted molar refractivity (Wildman–Crippen MR) is 102 cm³/mol. The van der Waals surface area contributed by atoms with Crippen LogP contribution in [0.4, 0.5) is 5.69 Å². The van der Waals surface area contributed by atoms with Crippen molar-refractivity contribution >= 4 is 27.8 Å². The molecule has 0 aromatic heterocycles. The SMILES string of the molecule is CC.CC1CCCc2cc(NC3CCCCO3)c(C=N)c(Br)c21. The maximum Gasteiger partial charge on any atom is 0.127 e. The van der Waals surface area contributed by atoms with Crippen LogP contribution in [0.15, 0.2) is 10.5 Å². The van der Waals surface area contributed by atoms with Crippen molar-refractivity contribution in [1.82, 2.24) is 0 Å². The molecule has 1 heterocycles. The molecule has 23 heavy (non-hydrogen) atoms. The van der Waals surface area contributed by atoms with Crippen molar-refractivity contribution in [3.05, 3.63) is 27.2 Å². The monoisotopic (exact) mass is 380 g/mol. The first-order valence-electron chi connectivity index (χ1n) is 8.94. The molecule has 0 amide bonds. The number of anilines is 1. The van der Waals surface area contributed by atoms with Gasteiger partial charge in [0.25, 0.3) is 0 Å². The fourth-order valence-corrected chi connectivity index (χ4v) is 4.48. The summed E-state index contributed by atoms with van der Waals surface area (Å²) in [5.74, 6) is 0.571. The number of ether oxygens (including phenoxy) is 1. The zero-order valence-corrected chi connectivity index (χ0v) is 16.1. The molecule has 1 aliphatic heterocycles. The largest absolute Gasteiger partial charge is 0.360 e. The summed E-state index contributed by atoms with van der Waals surface area (Å²) in [7, 11) is 0. The molecule has 1 aromatic rings. The molecule has 3 rings (SSSR count). The molecular formula is C19H29BrN2O. The summed E-state index contributed by atoms with van der Waals surface area (Å²) < 4.78 is 6.88. The maximum absolute atomic E-state index is 7.79. The standard InChI is InChI=1S/C17H23BrN2O.C2H6/c1-11-5-4-6-12-9-14(13(10-19)17(18)16(11)12)20-15-7-2-3-8-21-15;1-2/h9-11,15,19-20H,2-8H2,1H3;1-2H3. The van der Waals surface area contributed by atoms with Gasteiger partial charge in [-0.15, -0.1) is 0 Å². The Morgan fingerprint density at radius 1 is 1.26 bits per heavy atom. The highest BCUT2D eigenvalue weighted by Gasteiger charge is 2.24. The van der Waals surface area contributed by atoms with Crippen molar-refractivity contribution in [2.45, 2.75) is 71.4 Å². The first kappa shape index (κ1) is 18.5. The van der Waals surface area contributed by atoms with Crippen LogP contribution in [-0.4, -0.2) is 19.0 Å². The van der Waals surface area contributed by atoms with Crippen molar-refractivity contribution in [3.63, 3.8) is 0 Å². The van der Waals surface area contributed by atoms with Crippen molar-refractivity contribution < 1.29 is 4.74 Å². The average Bonchev–Trinajstić information content (AvgIpc) is 2.58. The van der Waals surface area contributed by atoms with Gasteiger partial charge in [-0.05, 0) is 77.6 Å². The average molecular weight is 381 g/mol. The van der Waals surface area contributed by atoms with E-state index in [1.54, 1.807) is 0 Å². The van der Waals surface area contributed by atoms with Crippen molar-refractivity contribution in [2.24, 2.45) is 0 Å². The first-order chi connectivity index (χ1) is 11.2. The van der Waals surface area contributed by atoms with E-state index in [-0.39, 0.29) is 6.23 Å². The van der Waals surface area contributed by atoms with E-state index in [4.69, 9.17) is 10.1 Å². The molecule has 1 fully saturated rings. The van der Waals surface area contributed by atoms with E-state index in [2.05, 4.69) is 34.2 Å². The van der Waals surface area contributed by atoms with Crippen LogP contribution in [0.1, 0.15) is 75.5 Å². The molecule has 1 aromatic carbocycles. The number of benzene rings is 1. The Labute approximate surface area is 148 Å². The van der Waals surface area contributed by atoms with Gasteiger partial charge in [0.2, 0.25) is 0 Å². The molecular weight excluding hydrogens is 352 g/mol. The van der Waals surface area contributed by atoms with Crippen LogP contribution < -0.4 is 5.32 Å². The van der Waals surface area contributed by atoms with Gasteiger partial charge in [-0.3, -0.25) is 0 Å². The van der Waals surface area contributed by atoms with Gasteiger partial charge in [-0.1, -0.05) is 20.8 Å². The van der Waals surface area contributed by atoms with Crippen LogP contribution in [-0.2, 0) is 11.2 Å². The van der Waals surface area contributed by atoms with Gasteiger partial charge in [0.1, 0.15) is 6.23 Å². The van der Waals surface area contributed by atoms with Gasteiger partial charge in [0.15, 0.2) is 0 Å². The lowest BCUT2D eigenvalue weighted by Crippen LogP contribution is -2.28. The van der Waals surface area contributed by atoms with Gasteiger partial charge in [-0.25, -0.2) is 0 Å². The van der Waals surface area contributed by atoms with Crippen LogP contribution in [0.5, 0.6) is 0 Å². The lowest BCUT2D eigenvalue weighted by Gasteiger charge is -2.29. The highest BCUT2D eigenvalue weighted by Crippen LogP contribution is 2.41. The second-order valence-electron chi connectivity index (χ2n) is 6.16. The molecule has 3 nitrogen and oxygen atoms in total. The summed E-state index contributed by atoms with van der Waals surface area (Å²) in [6.45, 7) is 7.12. The molecule has 0 bridgehead atoms. The third-order valence-corrected chi connectivity index (χ3v) is 5.50. The van der Waals surface area contributed by atoms with Gasteiger partial charge in [0.05, 0.1) is 0 Å². The Bertz CT molecular complexity index is 539. The highest BCUT2D eigenvalue weighted by molar-refractivity contribution is 9.10. The fourth-order valence-electron chi connectivity index (χ4n) is 3.51. The van der Waals surface area contributed by atoms with Crippen LogP contribution in [0.25, 0.3) is 0 Å². The first-order valence-corrected chi connectivity index (χ1v) is 9.74. The van der Waals surface area contributed by atoms with Crippen LogP contribution in [0.2, 0.25) is 0 Å². The summed E-state index contributed by atoms with van der Waals surface area (Å²) in [6, 6.07) is 2.24. The zero-order valence-electron chi connectivity index (χ0n) is 14.5. The number of rotatable bonds is 3. The van der Waals surface area contributed by atoms with E-state index < -0.39 is 0 Å². The molecule has 2 unspecified atom stereocenters. The lowest BCUT2D eigenvalue weighted by atomic mass is 9.82. The highest BCUT2D eigenvalue weighted by atomic mass is 79.9. The Hall–Kier alpha value is -0.870. The summed E-state index contributed by atoms with van der Waals surface area (Å²) in [4.78, 5) is 0. The molecule has 2 N–H and O–H groups in total. The number of aryl methyl sites for hydroxylation is 1. The summed E-state index contributed by atoms with van der Waals surface area (Å²) in [5.41, 5.74) is 4.81. The normalized spacial score (nSPS) is 23.3. The minimum Gasteiger partial charge on any atom is -0.360 e. The Balaban J connectivity index is 0.000000924. The van der Waals surface area contributed by atoms with Crippen LogP contribution in [0, 0.1) is 5.41 Å². The number of nitrogens with one attached hydrogen (secondary N) is 2. The number of hydrogen-bond donors (Lipinski definition) is 2. The third-order valence-electron chi connectivity index (χ3n) is 4.64. The quantitative estimate of drug-likeness (QED) is 0.645. The van der Waals surface area contributed by atoms with E-state index in [9.17, 15) is 0 Å². The molecule has 1 aliphatic carbocycles. The molecule has 4 heteroatoms.